The maximum atomic E-state index is 8.71. The van der Waals surface area contributed by atoms with Gasteiger partial charge in [0.2, 0.25) is 0 Å². The number of aryl methyl sites for hydroxylation is 2. The number of nitrogens with one attached hydrogen (secondary N) is 1. The molecule has 0 aliphatic rings. The van der Waals surface area contributed by atoms with Crippen LogP contribution >= 0.6 is 0 Å². The lowest BCUT2D eigenvalue weighted by molar-refractivity contribution is 0.292. The number of benzene rings is 2. The van der Waals surface area contributed by atoms with E-state index in [-0.39, 0.29) is 6.61 Å². The van der Waals surface area contributed by atoms with Crippen molar-refractivity contribution in [1.82, 2.24) is 5.32 Å². The minimum absolute atomic E-state index is 0.161. The summed E-state index contributed by atoms with van der Waals surface area (Å²) >= 11 is 0. The fourth-order valence-electron chi connectivity index (χ4n) is 1.90. The quantitative estimate of drug-likeness (QED) is 0.793. The molecule has 0 heterocycles. The van der Waals surface area contributed by atoms with Crippen molar-refractivity contribution in [3.8, 4) is 11.5 Å². The minimum atomic E-state index is 0.161. The number of rotatable bonds is 6. The van der Waals surface area contributed by atoms with Crippen molar-refractivity contribution < 1.29 is 9.84 Å². The standard InChI is InChI=1S/C17H21NO2/c1-13-3-6-17(11-14(13)2)20-16-7-4-15(5-8-16)12-18-9-10-19/h3-8,11,18-19H,9-10,12H2,1-2H3. The van der Waals surface area contributed by atoms with Crippen molar-refractivity contribution in [2.24, 2.45) is 0 Å². The first-order valence-corrected chi connectivity index (χ1v) is 6.84. The Morgan fingerprint density at radius 2 is 1.65 bits per heavy atom. The number of aliphatic hydroxyl groups is 1. The Morgan fingerprint density at radius 1 is 0.950 bits per heavy atom. The molecule has 0 aliphatic carbocycles. The van der Waals surface area contributed by atoms with Gasteiger partial charge in [-0.2, -0.15) is 0 Å². The van der Waals surface area contributed by atoms with Crippen molar-refractivity contribution in [2.45, 2.75) is 20.4 Å². The van der Waals surface area contributed by atoms with E-state index in [4.69, 9.17) is 9.84 Å². The summed E-state index contributed by atoms with van der Waals surface area (Å²) in [6.45, 7) is 5.70. The summed E-state index contributed by atoms with van der Waals surface area (Å²) < 4.78 is 5.83. The molecule has 0 saturated heterocycles. The van der Waals surface area contributed by atoms with Gasteiger partial charge in [0.05, 0.1) is 6.61 Å². The van der Waals surface area contributed by atoms with E-state index in [0.717, 1.165) is 18.0 Å². The average Bonchev–Trinajstić information content (AvgIpc) is 2.45. The van der Waals surface area contributed by atoms with Crippen LogP contribution in [0.5, 0.6) is 11.5 Å². The lowest BCUT2D eigenvalue weighted by Crippen LogP contribution is -2.17. The number of ether oxygens (including phenoxy) is 1. The SMILES string of the molecule is Cc1ccc(Oc2ccc(CNCCO)cc2)cc1C. The molecule has 2 rings (SSSR count). The van der Waals surface area contributed by atoms with Crippen molar-refractivity contribution in [1.29, 1.82) is 0 Å². The van der Waals surface area contributed by atoms with E-state index in [1.54, 1.807) is 0 Å². The fraction of sp³-hybridized carbons (Fsp3) is 0.294. The van der Waals surface area contributed by atoms with Gasteiger partial charge in [-0.05, 0) is 54.8 Å². The molecule has 0 spiro atoms. The van der Waals surface area contributed by atoms with Crippen molar-refractivity contribution in [3.63, 3.8) is 0 Å². The molecule has 0 saturated carbocycles. The van der Waals surface area contributed by atoms with Gasteiger partial charge in [0, 0.05) is 13.1 Å². The molecule has 0 bridgehead atoms. The molecule has 2 aromatic rings. The van der Waals surface area contributed by atoms with Crippen LogP contribution in [0.1, 0.15) is 16.7 Å². The highest BCUT2D eigenvalue weighted by Gasteiger charge is 2.00. The van der Waals surface area contributed by atoms with Gasteiger partial charge >= 0.3 is 0 Å². The highest BCUT2D eigenvalue weighted by molar-refractivity contribution is 5.37. The molecule has 0 aromatic heterocycles. The zero-order valence-electron chi connectivity index (χ0n) is 12.0. The Morgan fingerprint density at radius 3 is 2.30 bits per heavy atom. The van der Waals surface area contributed by atoms with Gasteiger partial charge in [0.1, 0.15) is 11.5 Å². The summed E-state index contributed by atoms with van der Waals surface area (Å²) in [5.41, 5.74) is 3.67. The third-order valence-electron chi connectivity index (χ3n) is 3.26. The van der Waals surface area contributed by atoms with Gasteiger partial charge in [-0.15, -0.1) is 0 Å². The fourth-order valence-corrected chi connectivity index (χ4v) is 1.90. The first-order valence-electron chi connectivity index (χ1n) is 6.84. The van der Waals surface area contributed by atoms with E-state index in [1.165, 1.54) is 16.7 Å². The van der Waals surface area contributed by atoms with Gasteiger partial charge in [-0.1, -0.05) is 18.2 Å². The third-order valence-corrected chi connectivity index (χ3v) is 3.26. The van der Waals surface area contributed by atoms with Crippen LogP contribution in [0.25, 0.3) is 0 Å². The number of aliphatic hydroxyl groups excluding tert-OH is 1. The zero-order valence-corrected chi connectivity index (χ0v) is 12.0. The third kappa shape index (κ3) is 4.08. The molecule has 106 valence electrons. The van der Waals surface area contributed by atoms with Crippen LogP contribution in [0.3, 0.4) is 0 Å². The lowest BCUT2D eigenvalue weighted by atomic mass is 10.1. The second-order valence-corrected chi connectivity index (χ2v) is 4.89. The Labute approximate surface area is 120 Å². The Balaban J connectivity index is 1.97. The molecule has 2 N–H and O–H groups in total. The highest BCUT2D eigenvalue weighted by Crippen LogP contribution is 2.23. The predicted octanol–water partition coefficient (Wildman–Crippen LogP) is 3.18. The molecule has 0 atom stereocenters. The van der Waals surface area contributed by atoms with Crippen LogP contribution in [0, 0.1) is 13.8 Å². The molecule has 2 aromatic carbocycles. The maximum absolute atomic E-state index is 8.71. The van der Waals surface area contributed by atoms with E-state index in [1.807, 2.05) is 36.4 Å². The van der Waals surface area contributed by atoms with Crippen molar-refractivity contribution in [3.05, 3.63) is 59.2 Å². The van der Waals surface area contributed by atoms with Gasteiger partial charge in [-0.25, -0.2) is 0 Å². The smallest absolute Gasteiger partial charge is 0.127 e. The normalized spacial score (nSPS) is 10.6. The molecule has 3 nitrogen and oxygen atoms in total. The lowest BCUT2D eigenvalue weighted by Gasteiger charge is -2.09. The zero-order chi connectivity index (χ0) is 14.4. The molecular weight excluding hydrogens is 250 g/mol. The number of hydrogen-bond donors (Lipinski definition) is 2. The topological polar surface area (TPSA) is 41.5 Å². The van der Waals surface area contributed by atoms with E-state index in [2.05, 4.69) is 25.2 Å². The molecule has 0 radical (unpaired) electrons. The summed E-state index contributed by atoms with van der Waals surface area (Å²) in [4.78, 5) is 0. The van der Waals surface area contributed by atoms with E-state index < -0.39 is 0 Å². The Bertz CT molecular complexity index is 549. The van der Waals surface area contributed by atoms with Crippen LogP contribution in [0.4, 0.5) is 0 Å². The predicted molar refractivity (Wildman–Crippen MR) is 81.2 cm³/mol. The van der Waals surface area contributed by atoms with E-state index >= 15 is 0 Å². The second kappa shape index (κ2) is 7.08. The van der Waals surface area contributed by atoms with Gasteiger partial charge < -0.3 is 15.2 Å². The number of hydrogen-bond acceptors (Lipinski definition) is 3. The van der Waals surface area contributed by atoms with Crippen molar-refractivity contribution in [2.75, 3.05) is 13.2 Å². The summed E-state index contributed by atoms with van der Waals surface area (Å²) in [5.74, 6) is 1.69. The van der Waals surface area contributed by atoms with E-state index in [0.29, 0.717) is 6.54 Å². The van der Waals surface area contributed by atoms with Crippen molar-refractivity contribution >= 4 is 0 Å². The van der Waals surface area contributed by atoms with Crippen LogP contribution < -0.4 is 10.1 Å². The summed E-state index contributed by atoms with van der Waals surface area (Å²) in [6.07, 6.45) is 0. The summed E-state index contributed by atoms with van der Waals surface area (Å²) in [5, 5.41) is 11.9. The van der Waals surface area contributed by atoms with Gasteiger partial charge in [0.15, 0.2) is 0 Å². The minimum Gasteiger partial charge on any atom is -0.457 e. The Kier molecular flexibility index (Phi) is 5.16. The van der Waals surface area contributed by atoms with E-state index in [9.17, 15) is 0 Å². The highest BCUT2D eigenvalue weighted by atomic mass is 16.5. The second-order valence-electron chi connectivity index (χ2n) is 4.89. The average molecular weight is 271 g/mol. The summed E-state index contributed by atoms with van der Waals surface area (Å²) in [7, 11) is 0. The molecule has 20 heavy (non-hydrogen) atoms. The van der Waals surface area contributed by atoms with Crippen LogP contribution in [-0.2, 0) is 6.54 Å². The molecule has 3 heteroatoms. The van der Waals surface area contributed by atoms with Crippen LogP contribution in [0.2, 0.25) is 0 Å². The molecule has 0 fully saturated rings. The molecule has 0 unspecified atom stereocenters. The monoisotopic (exact) mass is 271 g/mol. The Hall–Kier alpha value is -1.84. The van der Waals surface area contributed by atoms with Gasteiger partial charge in [0.25, 0.3) is 0 Å². The van der Waals surface area contributed by atoms with Gasteiger partial charge in [-0.3, -0.25) is 0 Å². The molecule has 0 aliphatic heterocycles. The molecule has 0 amide bonds. The summed E-state index contributed by atoms with van der Waals surface area (Å²) in [6, 6.07) is 14.1. The molecular formula is C17H21NO2. The first kappa shape index (κ1) is 14.6. The van der Waals surface area contributed by atoms with Crippen LogP contribution in [-0.4, -0.2) is 18.3 Å². The first-order chi connectivity index (χ1) is 9.69. The maximum Gasteiger partial charge on any atom is 0.127 e. The largest absolute Gasteiger partial charge is 0.457 e. The van der Waals surface area contributed by atoms with Crippen LogP contribution in [0.15, 0.2) is 42.5 Å².